The van der Waals surface area contributed by atoms with E-state index in [0.717, 1.165) is 25.2 Å². The SMILES string of the molecule is COCCOCC1CCN(C(=O)c2cc(C)n(C)n2)C1. The summed E-state index contributed by atoms with van der Waals surface area (Å²) in [6.45, 7) is 5.39. The maximum atomic E-state index is 12.3. The molecule has 20 heavy (non-hydrogen) atoms. The Bertz CT molecular complexity index is 439. The Morgan fingerprint density at radius 3 is 2.95 bits per heavy atom. The number of hydrogen-bond acceptors (Lipinski definition) is 4. The van der Waals surface area contributed by atoms with Gasteiger partial charge in [-0.25, -0.2) is 0 Å². The highest BCUT2D eigenvalue weighted by Crippen LogP contribution is 2.19. The van der Waals surface area contributed by atoms with Gasteiger partial charge in [0.05, 0.1) is 19.8 Å². The second-order valence-corrected chi connectivity index (χ2v) is 5.27. The zero-order valence-corrected chi connectivity index (χ0v) is 12.5. The molecule has 2 rings (SSSR count). The Morgan fingerprint density at radius 1 is 1.50 bits per heavy atom. The van der Waals surface area contributed by atoms with Crippen LogP contribution in [0, 0.1) is 12.8 Å². The second kappa shape index (κ2) is 6.85. The van der Waals surface area contributed by atoms with Crippen molar-refractivity contribution < 1.29 is 14.3 Å². The van der Waals surface area contributed by atoms with Gasteiger partial charge in [0, 0.05) is 38.9 Å². The monoisotopic (exact) mass is 281 g/mol. The van der Waals surface area contributed by atoms with Crippen LogP contribution >= 0.6 is 0 Å². The Hall–Kier alpha value is -1.40. The topological polar surface area (TPSA) is 56.6 Å². The predicted octanol–water partition coefficient (Wildman–Crippen LogP) is 0.854. The van der Waals surface area contributed by atoms with Crippen molar-refractivity contribution in [2.75, 3.05) is 40.0 Å². The molecule has 1 aliphatic heterocycles. The Morgan fingerprint density at radius 2 is 2.30 bits per heavy atom. The molecule has 0 aliphatic carbocycles. The van der Waals surface area contributed by atoms with Crippen LogP contribution in [0.1, 0.15) is 22.6 Å². The normalized spacial score (nSPS) is 18.8. The third-order valence-corrected chi connectivity index (χ3v) is 3.69. The highest BCUT2D eigenvalue weighted by Gasteiger charge is 2.28. The van der Waals surface area contributed by atoms with Crippen LogP contribution in [0.25, 0.3) is 0 Å². The van der Waals surface area contributed by atoms with Crippen molar-refractivity contribution in [2.24, 2.45) is 13.0 Å². The number of carbonyl (C=O) groups excluding carboxylic acids is 1. The second-order valence-electron chi connectivity index (χ2n) is 5.27. The average Bonchev–Trinajstić information content (AvgIpc) is 3.02. The molecule has 112 valence electrons. The van der Waals surface area contributed by atoms with Crippen LogP contribution in [-0.2, 0) is 16.5 Å². The van der Waals surface area contributed by atoms with E-state index in [-0.39, 0.29) is 5.91 Å². The molecule has 0 saturated carbocycles. The van der Waals surface area contributed by atoms with E-state index in [0.29, 0.717) is 31.4 Å². The van der Waals surface area contributed by atoms with Crippen LogP contribution in [0.2, 0.25) is 0 Å². The number of aryl methyl sites for hydroxylation is 2. The molecule has 1 aliphatic rings. The van der Waals surface area contributed by atoms with Gasteiger partial charge in [-0.15, -0.1) is 0 Å². The summed E-state index contributed by atoms with van der Waals surface area (Å²) in [7, 11) is 3.51. The first-order valence-corrected chi connectivity index (χ1v) is 6.98. The highest BCUT2D eigenvalue weighted by molar-refractivity contribution is 5.92. The third kappa shape index (κ3) is 3.58. The van der Waals surface area contributed by atoms with Gasteiger partial charge < -0.3 is 14.4 Å². The van der Waals surface area contributed by atoms with Crippen LogP contribution < -0.4 is 0 Å². The number of amides is 1. The number of rotatable bonds is 6. The molecule has 1 aromatic heterocycles. The van der Waals surface area contributed by atoms with Gasteiger partial charge >= 0.3 is 0 Å². The summed E-state index contributed by atoms with van der Waals surface area (Å²) >= 11 is 0. The molecule has 1 amide bonds. The minimum atomic E-state index is 0.0214. The van der Waals surface area contributed by atoms with Gasteiger partial charge in [0.2, 0.25) is 0 Å². The van der Waals surface area contributed by atoms with Gasteiger partial charge in [0.25, 0.3) is 5.91 Å². The van der Waals surface area contributed by atoms with Gasteiger partial charge in [0.1, 0.15) is 0 Å². The maximum absolute atomic E-state index is 12.3. The molecule has 6 heteroatoms. The predicted molar refractivity (Wildman–Crippen MR) is 74.7 cm³/mol. The van der Waals surface area contributed by atoms with Crippen LogP contribution in [0.15, 0.2) is 6.07 Å². The molecule has 0 aromatic carbocycles. The molecule has 1 saturated heterocycles. The lowest BCUT2D eigenvalue weighted by molar-refractivity contribution is 0.0515. The van der Waals surface area contributed by atoms with E-state index in [2.05, 4.69) is 5.10 Å². The smallest absolute Gasteiger partial charge is 0.274 e. The summed E-state index contributed by atoms with van der Waals surface area (Å²) in [6.07, 6.45) is 0.991. The molecule has 6 nitrogen and oxygen atoms in total. The van der Waals surface area contributed by atoms with Gasteiger partial charge in [-0.2, -0.15) is 5.10 Å². The molecular formula is C14H23N3O3. The fraction of sp³-hybridized carbons (Fsp3) is 0.714. The van der Waals surface area contributed by atoms with Crippen molar-refractivity contribution in [3.05, 3.63) is 17.5 Å². The number of hydrogen-bond donors (Lipinski definition) is 0. The maximum Gasteiger partial charge on any atom is 0.274 e. The first kappa shape index (κ1) is 15.0. The summed E-state index contributed by atoms with van der Waals surface area (Å²) in [5.41, 5.74) is 1.53. The number of ether oxygens (including phenoxy) is 2. The van der Waals surface area contributed by atoms with E-state index in [1.165, 1.54) is 0 Å². The molecular weight excluding hydrogens is 258 g/mol. The van der Waals surface area contributed by atoms with Gasteiger partial charge in [0.15, 0.2) is 5.69 Å². The molecule has 1 fully saturated rings. The third-order valence-electron chi connectivity index (χ3n) is 3.69. The minimum absolute atomic E-state index is 0.0214. The Balaban J connectivity index is 1.81. The number of methoxy groups -OCH3 is 1. The largest absolute Gasteiger partial charge is 0.382 e. The molecule has 1 unspecified atom stereocenters. The Labute approximate surface area is 119 Å². The van der Waals surface area contributed by atoms with E-state index in [4.69, 9.17) is 9.47 Å². The molecule has 0 spiro atoms. The zero-order valence-electron chi connectivity index (χ0n) is 12.5. The molecule has 0 N–H and O–H groups in total. The molecule has 1 atom stereocenters. The summed E-state index contributed by atoms with van der Waals surface area (Å²) in [5.74, 6) is 0.439. The Kier molecular flexibility index (Phi) is 5.14. The van der Waals surface area contributed by atoms with E-state index < -0.39 is 0 Å². The average molecular weight is 281 g/mol. The lowest BCUT2D eigenvalue weighted by atomic mass is 10.1. The number of nitrogens with zero attached hydrogens (tertiary/aromatic N) is 3. The van der Waals surface area contributed by atoms with Crippen molar-refractivity contribution in [3.8, 4) is 0 Å². The van der Waals surface area contributed by atoms with Crippen molar-refractivity contribution in [3.63, 3.8) is 0 Å². The lowest BCUT2D eigenvalue weighted by Crippen LogP contribution is -2.29. The quantitative estimate of drug-likeness (QED) is 0.726. The van der Waals surface area contributed by atoms with Crippen molar-refractivity contribution in [2.45, 2.75) is 13.3 Å². The van der Waals surface area contributed by atoms with Crippen molar-refractivity contribution >= 4 is 5.91 Å². The van der Waals surface area contributed by atoms with E-state index >= 15 is 0 Å². The number of carbonyl (C=O) groups is 1. The molecule has 0 radical (unpaired) electrons. The van der Waals surface area contributed by atoms with Crippen LogP contribution in [-0.4, -0.2) is 60.6 Å². The fourth-order valence-corrected chi connectivity index (χ4v) is 2.37. The zero-order chi connectivity index (χ0) is 14.5. The summed E-state index contributed by atoms with van der Waals surface area (Å²) in [4.78, 5) is 14.2. The van der Waals surface area contributed by atoms with E-state index in [1.54, 1.807) is 11.8 Å². The van der Waals surface area contributed by atoms with Gasteiger partial charge in [-0.05, 0) is 19.4 Å². The summed E-state index contributed by atoms with van der Waals surface area (Å²) in [6, 6.07) is 1.84. The van der Waals surface area contributed by atoms with E-state index in [1.807, 2.05) is 24.9 Å². The fourth-order valence-electron chi connectivity index (χ4n) is 2.37. The molecule has 0 bridgehead atoms. The van der Waals surface area contributed by atoms with Gasteiger partial charge in [-0.3, -0.25) is 9.48 Å². The minimum Gasteiger partial charge on any atom is -0.382 e. The lowest BCUT2D eigenvalue weighted by Gasteiger charge is -2.15. The van der Waals surface area contributed by atoms with Gasteiger partial charge in [-0.1, -0.05) is 0 Å². The molecule has 1 aromatic rings. The summed E-state index contributed by atoms with van der Waals surface area (Å²) in [5, 5.41) is 4.24. The highest BCUT2D eigenvalue weighted by atomic mass is 16.5. The number of likely N-dealkylation sites (tertiary alicyclic amines) is 1. The summed E-state index contributed by atoms with van der Waals surface area (Å²) < 4.78 is 12.2. The molecule has 2 heterocycles. The first-order valence-electron chi connectivity index (χ1n) is 6.98. The van der Waals surface area contributed by atoms with Crippen LogP contribution in [0.5, 0.6) is 0 Å². The first-order chi connectivity index (χ1) is 9.61. The van der Waals surface area contributed by atoms with Crippen LogP contribution in [0.3, 0.4) is 0 Å². The van der Waals surface area contributed by atoms with Crippen molar-refractivity contribution in [1.82, 2.24) is 14.7 Å². The van der Waals surface area contributed by atoms with Crippen LogP contribution in [0.4, 0.5) is 0 Å². The number of aromatic nitrogens is 2. The van der Waals surface area contributed by atoms with Crippen molar-refractivity contribution in [1.29, 1.82) is 0 Å². The standard InChI is InChI=1S/C14H23N3O3/c1-11-8-13(15-16(11)2)14(18)17-5-4-12(9-17)10-20-7-6-19-3/h8,12H,4-7,9-10H2,1-3H3. The van der Waals surface area contributed by atoms with E-state index in [9.17, 15) is 4.79 Å².